The van der Waals surface area contributed by atoms with Crippen molar-refractivity contribution in [3.63, 3.8) is 0 Å². The quantitative estimate of drug-likeness (QED) is 0.502. The third kappa shape index (κ3) is 7.74. The average molecular weight is 282 g/mol. The first-order chi connectivity index (χ1) is 9.24. The van der Waals surface area contributed by atoms with Crippen LogP contribution in [0, 0.1) is 6.92 Å². The van der Waals surface area contributed by atoms with Crippen molar-refractivity contribution < 1.29 is 0 Å². The molecule has 1 N–H and O–H groups in total. The fourth-order valence-corrected chi connectivity index (χ4v) is 3.27. The summed E-state index contributed by atoms with van der Waals surface area (Å²) in [5.74, 6) is 0. The van der Waals surface area contributed by atoms with Gasteiger partial charge in [0.25, 0.3) is 0 Å². The lowest BCUT2D eigenvalue weighted by molar-refractivity contribution is 0.525. The van der Waals surface area contributed by atoms with Gasteiger partial charge in [-0.15, -0.1) is 11.3 Å². The van der Waals surface area contributed by atoms with Crippen LogP contribution in [0.1, 0.15) is 81.0 Å². The van der Waals surface area contributed by atoms with Crippen LogP contribution in [0.2, 0.25) is 0 Å². The number of rotatable bonds is 11. The molecule has 1 rings (SSSR count). The molecule has 1 heterocycles. The lowest BCUT2D eigenvalue weighted by atomic mass is 10.1. The molecule has 110 valence electrons. The first-order valence-electron chi connectivity index (χ1n) is 8.03. The van der Waals surface area contributed by atoms with Crippen LogP contribution >= 0.6 is 11.3 Å². The van der Waals surface area contributed by atoms with Crippen LogP contribution in [0.5, 0.6) is 0 Å². The van der Waals surface area contributed by atoms with E-state index in [4.69, 9.17) is 0 Å². The van der Waals surface area contributed by atoms with Gasteiger partial charge in [-0.05, 0) is 38.9 Å². The third-order valence-corrected chi connectivity index (χ3v) is 4.85. The predicted molar refractivity (Wildman–Crippen MR) is 88.1 cm³/mol. The van der Waals surface area contributed by atoms with Gasteiger partial charge in [0.1, 0.15) is 0 Å². The Bertz CT molecular complexity index is 319. The second-order valence-corrected chi connectivity index (χ2v) is 6.92. The summed E-state index contributed by atoms with van der Waals surface area (Å²) >= 11 is 1.91. The zero-order valence-electron chi connectivity index (χ0n) is 13.0. The number of unbranched alkanes of at least 4 members (excludes halogenated alkanes) is 7. The van der Waals surface area contributed by atoms with Crippen LogP contribution in [-0.2, 0) is 0 Å². The van der Waals surface area contributed by atoms with E-state index in [1.165, 1.54) is 61.1 Å². The molecule has 19 heavy (non-hydrogen) atoms. The summed E-state index contributed by atoms with van der Waals surface area (Å²) in [4.78, 5) is 2.88. The Morgan fingerprint density at radius 2 is 1.63 bits per heavy atom. The molecular formula is C17H31NS. The van der Waals surface area contributed by atoms with Crippen LogP contribution in [-0.4, -0.2) is 6.54 Å². The monoisotopic (exact) mass is 281 g/mol. The molecular weight excluding hydrogens is 250 g/mol. The van der Waals surface area contributed by atoms with Crippen molar-refractivity contribution in [2.45, 2.75) is 78.2 Å². The van der Waals surface area contributed by atoms with Crippen molar-refractivity contribution >= 4 is 11.3 Å². The molecule has 0 saturated carbocycles. The van der Waals surface area contributed by atoms with E-state index < -0.39 is 0 Å². The van der Waals surface area contributed by atoms with Crippen LogP contribution in [0.25, 0.3) is 0 Å². The molecule has 1 atom stereocenters. The predicted octanol–water partition coefficient (Wildman–Crippen LogP) is 5.85. The summed E-state index contributed by atoms with van der Waals surface area (Å²) in [6, 6.07) is 4.99. The van der Waals surface area contributed by atoms with Crippen molar-refractivity contribution in [1.29, 1.82) is 0 Å². The van der Waals surface area contributed by atoms with E-state index >= 15 is 0 Å². The zero-order valence-corrected chi connectivity index (χ0v) is 13.8. The highest BCUT2D eigenvalue weighted by Gasteiger charge is 2.05. The Balaban J connectivity index is 1.93. The van der Waals surface area contributed by atoms with Crippen LogP contribution in [0.4, 0.5) is 0 Å². The first-order valence-corrected chi connectivity index (χ1v) is 8.85. The normalized spacial score (nSPS) is 12.8. The van der Waals surface area contributed by atoms with Crippen molar-refractivity contribution in [2.75, 3.05) is 6.54 Å². The average Bonchev–Trinajstić information content (AvgIpc) is 2.83. The van der Waals surface area contributed by atoms with Crippen molar-refractivity contribution in [1.82, 2.24) is 5.32 Å². The summed E-state index contributed by atoms with van der Waals surface area (Å²) in [6.07, 6.45) is 11.2. The number of aryl methyl sites for hydroxylation is 1. The van der Waals surface area contributed by atoms with Crippen LogP contribution in [0.3, 0.4) is 0 Å². The highest BCUT2D eigenvalue weighted by molar-refractivity contribution is 7.12. The lowest BCUT2D eigenvalue weighted by Gasteiger charge is -2.11. The minimum absolute atomic E-state index is 0.517. The van der Waals surface area contributed by atoms with Gasteiger partial charge in [-0.3, -0.25) is 0 Å². The van der Waals surface area contributed by atoms with E-state index in [0.717, 1.165) is 6.54 Å². The Labute approximate surface area is 123 Å². The molecule has 1 aromatic rings. The summed E-state index contributed by atoms with van der Waals surface area (Å²) < 4.78 is 0. The van der Waals surface area contributed by atoms with Crippen LogP contribution < -0.4 is 5.32 Å². The van der Waals surface area contributed by atoms with E-state index in [1.54, 1.807) is 0 Å². The molecule has 0 spiro atoms. The van der Waals surface area contributed by atoms with Gasteiger partial charge in [0, 0.05) is 15.8 Å². The Hall–Kier alpha value is -0.340. The maximum Gasteiger partial charge on any atom is 0.0386 e. The molecule has 2 heteroatoms. The smallest absolute Gasteiger partial charge is 0.0386 e. The van der Waals surface area contributed by atoms with E-state index in [2.05, 4.69) is 38.2 Å². The molecule has 0 radical (unpaired) electrons. The zero-order chi connectivity index (χ0) is 13.9. The second kappa shape index (κ2) is 10.4. The maximum absolute atomic E-state index is 3.63. The summed E-state index contributed by atoms with van der Waals surface area (Å²) in [6.45, 7) is 7.89. The molecule has 0 bridgehead atoms. The molecule has 1 unspecified atom stereocenters. The minimum Gasteiger partial charge on any atom is -0.309 e. The van der Waals surface area contributed by atoms with Gasteiger partial charge >= 0.3 is 0 Å². The number of hydrogen-bond donors (Lipinski definition) is 1. The molecule has 0 aliphatic carbocycles. The van der Waals surface area contributed by atoms with E-state index in [9.17, 15) is 0 Å². The standard InChI is InChI=1S/C17H31NS/c1-4-5-6-7-8-9-10-11-14-18-16(3)17-13-12-15(2)19-17/h12-13,16,18H,4-11,14H2,1-3H3. The van der Waals surface area contributed by atoms with Crippen molar-refractivity contribution in [3.05, 3.63) is 21.9 Å². The fraction of sp³-hybridized carbons (Fsp3) is 0.765. The molecule has 0 aliphatic heterocycles. The molecule has 1 aromatic heterocycles. The van der Waals surface area contributed by atoms with Gasteiger partial charge in [-0.25, -0.2) is 0 Å². The molecule has 0 fully saturated rings. The molecule has 0 saturated heterocycles. The third-order valence-electron chi connectivity index (χ3n) is 3.67. The topological polar surface area (TPSA) is 12.0 Å². The Morgan fingerprint density at radius 1 is 1.00 bits per heavy atom. The molecule has 0 aliphatic rings. The minimum atomic E-state index is 0.517. The van der Waals surface area contributed by atoms with Crippen LogP contribution in [0.15, 0.2) is 12.1 Å². The number of hydrogen-bond acceptors (Lipinski definition) is 2. The summed E-state index contributed by atoms with van der Waals surface area (Å²) in [5, 5.41) is 3.63. The van der Waals surface area contributed by atoms with Gasteiger partial charge < -0.3 is 5.32 Å². The molecule has 1 nitrogen and oxygen atoms in total. The van der Waals surface area contributed by atoms with Crippen molar-refractivity contribution in [2.24, 2.45) is 0 Å². The number of thiophene rings is 1. The van der Waals surface area contributed by atoms with E-state index in [1.807, 2.05) is 11.3 Å². The van der Waals surface area contributed by atoms with E-state index in [0.29, 0.717) is 6.04 Å². The van der Waals surface area contributed by atoms with Gasteiger partial charge in [-0.2, -0.15) is 0 Å². The SMILES string of the molecule is CCCCCCCCCCNC(C)c1ccc(C)s1. The number of nitrogens with one attached hydrogen (secondary N) is 1. The Kier molecular flexibility index (Phi) is 9.19. The highest BCUT2D eigenvalue weighted by atomic mass is 32.1. The summed E-state index contributed by atoms with van der Waals surface area (Å²) in [7, 11) is 0. The lowest BCUT2D eigenvalue weighted by Crippen LogP contribution is -2.18. The highest BCUT2D eigenvalue weighted by Crippen LogP contribution is 2.22. The Morgan fingerprint density at radius 3 is 2.21 bits per heavy atom. The van der Waals surface area contributed by atoms with Gasteiger partial charge in [0.15, 0.2) is 0 Å². The largest absolute Gasteiger partial charge is 0.309 e. The van der Waals surface area contributed by atoms with E-state index in [-0.39, 0.29) is 0 Å². The van der Waals surface area contributed by atoms with Gasteiger partial charge in [0.2, 0.25) is 0 Å². The molecule has 0 aromatic carbocycles. The summed E-state index contributed by atoms with van der Waals surface area (Å²) in [5.41, 5.74) is 0. The van der Waals surface area contributed by atoms with Gasteiger partial charge in [0.05, 0.1) is 0 Å². The maximum atomic E-state index is 3.63. The second-order valence-electron chi connectivity index (χ2n) is 5.60. The fourth-order valence-electron chi connectivity index (χ4n) is 2.36. The van der Waals surface area contributed by atoms with Crippen molar-refractivity contribution in [3.8, 4) is 0 Å². The van der Waals surface area contributed by atoms with Gasteiger partial charge in [-0.1, -0.05) is 51.9 Å². The molecule has 0 amide bonds. The first kappa shape index (κ1) is 16.7.